The molecule has 0 aliphatic rings. The van der Waals surface area contributed by atoms with Crippen LogP contribution in [0.4, 0.5) is 0 Å². The number of ether oxygens (including phenoxy) is 1. The highest BCUT2D eigenvalue weighted by atomic mass is 16.5. The number of unbranched alkanes of at least 4 members (excludes halogenated alkanes) is 1. The molecule has 232 valence electrons. The third-order valence-corrected chi connectivity index (χ3v) is 5.86. The highest BCUT2D eigenvalue weighted by Crippen LogP contribution is 2.21. The minimum absolute atomic E-state index is 0.0509. The van der Waals surface area contributed by atoms with Crippen LogP contribution >= 0.6 is 0 Å². The van der Waals surface area contributed by atoms with Crippen LogP contribution < -0.4 is 26.0 Å². The van der Waals surface area contributed by atoms with E-state index in [2.05, 4.69) is 60.2 Å². The molecule has 2 aromatic rings. The van der Waals surface area contributed by atoms with Crippen molar-refractivity contribution in [1.82, 2.24) is 21.3 Å². The molecule has 2 atom stereocenters. The second-order valence-electron chi connectivity index (χ2n) is 9.77. The largest absolute Gasteiger partial charge is 0.491 e. The number of carbonyl (C=O) groups is 3. The van der Waals surface area contributed by atoms with Gasteiger partial charge < -0.3 is 30.8 Å². The zero-order chi connectivity index (χ0) is 31.5. The minimum atomic E-state index is -0.0509. The molecule has 0 fully saturated rings. The van der Waals surface area contributed by atoms with Crippen LogP contribution in [0.25, 0.3) is 0 Å². The molecule has 41 heavy (non-hydrogen) atoms. The molecule has 0 aliphatic heterocycles. The number of para-hydroxylation sites is 1. The quantitative estimate of drug-likeness (QED) is 0.205. The molecule has 2 aromatic carbocycles. The smallest absolute Gasteiger partial charge is 0.237 e. The van der Waals surface area contributed by atoms with Gasteiger partial charge >= 0.3 is 0 Å². The van der Waals surface area contributed by atoms with E-state index in [-0.39, 0.29) is 24.0 Å². The van der Waals surface area contributed by atoms with Crippen molar-refractivity contribution in [3.8, 4) is 5.75 Å². The van der Waals surface area contributed by atoms with Gasteiger partial charge in [0, 0.05) is 13.6 Å². The first-order chi connectivity index (χ1) is 19.6. The number of aryl methyl sites for hydroxylation is 2. The first-order valence-corrected chi connectivity index (χ1v) is 14.6. The molecule has 8 nitrogen and oxygen atoms in total. The van der Waals surface area contributed by atoms with Gasteiger partial charge in [-0.15, -0.1) is 0 Å². The molecule has 0 spiro atoms. The summed E-state index contributed by atoms with van der Waals surface area (Å²) in [5.74, 6) is 1.49. The Morgan fingerprint density at radius 2 is 1.51 bits per heavy atom. The van der Waals surface area contributed by atoms with Crippen molar-refractivity contribution in [3.63, 3.8) is 0 Å². The molecule has 4 N–H and O–H groups in total. The number of likely N-dealkylation sites (N-methyl/N-ethyl adjacent to an activating group) is 3. The summed E-state index contributed by atoms with van der Waals surface area (Å²) in [6.07, 6.45) is 4.95. The maximum Gasteiger partial charge on any atom is 0.237 e. The highest BCUT2D eigenvalue weighted by molar-refractivity contribution is 5.81. The van der Waals surface area contributed by atoms with Crippen molar-refractivity contribution in [2.45, 2.75) is 79.4 Å². The lowest BCUT2D eigenvalue weighted by Gasteiger charge is -2.20. The number of carbonyl (C=O) groups excluding carboxylic acids is 3. The second-order valence-corrected chi connectivity index (χ2v) is 9.77. The van der Waals surface area contributed by atoms with Crippen molar-refractivity contribution in [2.75, 3.05) is 34.2 Å². The first kappa shape index (κ1) is 39.9. The van der Waals surface area contributed by atoms with E-state index in [4.69, 9.17) is 9.53 Å². The summed E-state index contributed by atoms with van der Waals surface area (Å²) < 4.78 is 5.79. The molecule has 8 heteroatoms. The van der Waals surface area contributed by atoms with Gasteiger partial charge in [0.1, 0.15) is 12.0 Å². The molecule has 0 saturated carbocycles. The third kappa shape index (κ3) is 22.2. The normalized spacial score (nSPS) is 11.2. The summed E-state index contributed by atoms with van der Waals surface area (Å²) in [4.78, 5) is 31.2. The summed E-state index contributed by atoms with van der Waals surface area (Å²) in [5.41, 5.74) is 2.56. The predicted octanol–water partition coefficient (Wildman–Crippen LogP) is 4.70. The molecule has 2 rings (SSSR count). The predicted molar refractivity (Wildman–Crippen MR) is 171 cm³/mol. The summed E-state index contributed by atoms with van der Waals surface area (Å²) in [6.45, 7) is 12.9. The zero-order valence-electron chi connectivity index (χ0n) is 26.9. The number of hydrogen-bond donors (Lipinski definition) is 4. The van der Waals surface area contributed by atoms with E-state index in [9.17, 15) is 9.59 Å². The minimum Gasteiger partial charge on any atom is -0.491 e. The molecule has 0 aromatic heterocycles. The van der Waals surface area contributed by atoms with E-state index in [0.717, 1.165) is 44.3 Å². The fourth-order valence-electron chi connectivity index (χ4n) is 3.57. The summed E-state index contributed by atoms with van der Waals surface area (Å²) >= 11 is 0. The third-order valence-electron chi connectivity index (χ3n) is 5.86. The lowest BCUT2D eigenvalue weighted by molar-refractivity contribution is -0.123. The standard InChI is InChI=1S/C16H26N2O2.C8H18N2O.C7H8.C2H4O/c1-13(2)20-15-10-5-4-8-14(15)9-6-7-11-18-16(19)12-17-3;1-5-6(2)7(9-3)8(11)10-4;1-7-5-3-2-4-6-7;1-2-3/h4-5,8,10,13,17H,6-7,9,11-12H2,1-3H3,(H,18,19);6-7,9H,5H2,1-4H3,(H,10,11);2-6H,1H3;2H,1H3. The Bertz CT molecular complexity index is 922. The number of aldehydes is 1. The Labute approximate surface area is 249 Å². The Balaban J connectivity index is 0. The Morgan fingerprint density at radius 1 is 0.927 bits per heavy atom. The fourth-order valence-corrected chi connectivity index (χ4v) is 3.57. The van der Waals surface area contributed by atoms with Crippen molar-refractivity contribution in [1.29, 1.82) is 0 Å². The number of benzene rings is 2. The van der Waals surface area contributed by atoms with Crippen molar-refractivity contribution in [3.05, 3.63) is 65.7 Å². The monoisotopic (exact) mass is 572 g/mol. The molecular formula is C33H56N4O4. The zero-order valence-corrected chi connectivity index (χ0v) is 26.9. The van der Waals surface area contributed by atoms with Gasteiger partial charge in [-0.25, -0.2) is 0 Å². The van der Waals surface area contributed by atoms with Crippen LogP contribution in [0, 0.1) is 12.8 Å². The molecule has 0 saturated heterocycles. The average Bonchev–Trinajstić information content (AvgIpc) is 2.95. The number of rotatable bonds is 13. The van der Waals surface area contributed by atoms with Gasteiger partial charge in [-0.2, -0.15) is 0 Å². The molecule has 2 amide bonds. The van der Waals surface area contributed by atoms with Crippen LogP contribution in [0.5, 0.6) is 5.75 Å². The molecule has 2 unspecified atom stereocenters. The number of amides is 2. The van der Waals surface area contributed by atoms with E-state index < -0.39 is 0 Å². The average molecular weight is 573 g/mol. The van der Waals surface area contributed by atoms with E-state index in [1.54, 1.807) is 14.1 Å². The SMILES string of the molecule is CC=O.CCC(C)C(NC)C(=O)NC.CNCC(=O)NCCCCc1ccccc1OC(C)C.Cc1ccccc1. The number of nitrogens with one attached hydrogen (secondary N) is 4. The van der Waals surface area contributed by atoms with E-state index >= 15 is 0 Å². The molecule has 0 bridgehead atoms. The van der Waals surface area contributed by atoms with Gasteiger partial charge in [0.25, 0.3) is 0 Å². The van der Waals surface area contributed by atoms with Crippen LogP contribution in [0.1, 0.15) is 65.0 Å². The summed E-state index contributed by atoms with van der Waals surface area (Å²) in [7, 11) is 5.24. The fraction of sp³-hybridized carbons (Fsp3) is 0.545. The Kier molecular flexibility index (Phi) is 26.2. The van der Waals surface area contributed by atoms with Crippen molar-refractivity contribution in [2.24, 2.45) is 5.92 Å². The van der Waals surface area contributed by atoms with E-state index in [1.165, 1.54) is 18.1 Å². The van der Waals surface area contributed by atoms with Crippen LogP contribution in [0.15, 0.2) is 54.6 Å². The lowest BCUT2D eigenvalue weighted by Crippen LogP contribution is -2.45. The van der Waals surface area contributed by atoms with Gasteiger partial charge in [-0.1, -0.05) is 74.4 Å². The molecule has 0 radical (unpaired) electrons. The maximum absolute atomic E-state index is 11.3. The van der Waals surface area contributed by atoms with Gasteiger partial charge in [-0.05, 0) is 78.6 Å². The number of hydrogen-bond acceptors (Lipinski definition) is 6. The molecular weight excluding hydrogens is 516 g/mol. The maximum atomic E-state index is 11.3. The Morgan fingerprint density at radius 3 is 1.98 bits per heavy atom. The van der Waals surface area contributed by atoms with Crippen molar-refractivity contribution < 1.29 is 19.1 Å². The van der Waals surface area contributed by atoms with Crippen LogP contribution in [-0.2, 0) is 20.8 Å². The van der Waals surface area contributed by atoms with Gasteiger partial charge in [-0.3, -0.25) is 9.59 Å². The Hall–Kier alpha value is -3.23. The highest BCUT2D eigenvalue weighted by Gasteiger charge is 2.20. The van der Waals surface area contributed by atoms with E-state index in [1.807, 2.05) is 57.3 Å². The van der Waals surface area contributed by atoms with Gasteiger partial charge in [0.2, 0.25) is 11.8 Å². The van der Waals surface area contributed by atoms with Gasteiger partial charge in [0.15, 0.2) is 0 Å². The summed E-state index contributed by atoms with van der Waals surface area (Å²) in [5, 5.41) is 11.3. The topological polar surface area (TPSA) is 109 Å². The van der Waals surface area contributed by atoms with E-state index in [0.29, 0.717) is 12.5 Å². The van der Waals surface area contributed by atoms with Crippen LogP contribution in [-0.4, -0.2) is 64.5 Å². The van der Waals surface area contributed by atoms with Gasteiger partial charge in [0.05, 0.1) is 18.7 Å². The molecule has 0 aliphatic carbocycles. The van der Waals surface area contributed by atoms with Crippen LogP contribution in [0.2, 0.25) is 0 Å². The summed E-state index contributed by atoms with van der Waals surface area (Å²) in [6, 6.07) is 18.4. The van der Waals surface area contributed by atoms with Crippen LogP contribution in [0.3, 0.4) is 0 Å². The van der Waals surface area contributed by atoms with Crippen molar-refractivity contribution >= 4 is 18.1 Å². The first-order valence-electron chi connectivity index (χ1n) is 14.6. The lowest BCUT2D eigenvalue weighted by atomic mass is 9.99. The second kappa shape index (κ2) is 27.0. The molecule has 0 heterocycles.